The van der Waals surface area contributed by atoms with Gasteiger partial charge in [-0.1, -0.05) is 12.1 Å². The molecule has 7 heteroatoms. The molecule has 6 nitrogen and oxygen atoms in total. The Kier molecular flexibility index (Phi) is 4.05. The van der Waals surface area contributed by atoms with Gasteiger partial charge in [-0.05, 0) is 42.0 Å². The van der Waals surface area contributed by atoms with Gasteiger partial charge in [-0.25, -0.2) is 9.97 Å². The van der Waals surface area contributed by atoms with Crippen molar-refractivity contribution >= 4 is 10.1 Å². The van der Waals surface area contributed by atoms with Crippen molar-refractivity contribution in [3.8, 4) is 22.6 Å². The minimum Gasteiger partial charge on any atom is -0.457 e. The molecule has 0 bridgehead atoms. The van der Waals surface area contributed by atoms with Gasteiger partial charge < -0.3 is 4.74 Å². The zero-order chi connectivity index (χ0) is 16.3. The smallest absolute Gasteiger partial charge is 0.294 e. The molecule has 2 aromatic carbocycles. The van der Waals surface area contributed by atoms with Crippen LogP contribution >= 0.6 is 0 Å². The summed E-state index contributed by atoms with van der Waals surface area (Å²) in [6.07, 6.45) is 4.91. The number of hydrogen-bond acceptors (Lipinski definition) is 5. The highest BCUT2D eigenvalue weighted by Gasteiger charge is 2.09. The van der Waals surface area contributed by atoms with E-state index in [1.54, 1.807) is 24.5 Å². The van der Waals surface area contributed by atoms with Crippen LogP contribution in [0.1, 0.15) is 0 Å². The van der Waals surface area contributed by atoms with Gasteiger partial charge in [0.05, 0.1) is 4.90 Å². The van der Waals surface area contributed by atoms with E-state index >= 15 is 0 Å². The standard InChI is InChI=1S/C16H12N2O4S/c19-23(20,21)16-7-5-15(6-8-16)22-14-3-1-12(2-4-14)13-9-17-11-18-10-13/h1-11H,(H,19,20,21). The normalized spacial score (nSPS) is 11.2. The predicted molar refractivity (Wildman–Crippen MR) is 83.8 cm³/mol. The molecular weight excluding hydrogens is 316 g/mol. The average Bonchev–Trinajstić information content (AvgIpc) is 2.56. The summed E-state index contributed by atoms with van der Waals surface area (Å²) < 4.78 is 36.5. The van der Waals surface area contributed by atoms with E-state index < -0.39 is 10.1 Å². The maximum absolute atomic E-state index is 11.0. The lowest BCUT2D eigenvalue weighted by Gasteiger charge is -2.07. The number of rotatable bonds is 4. The Hall–Kier alpha value is -2.77. The van der Waals surface area contributed by atoms with Crippen molar-refractivity contribution in [2.24, 2.45) is 0 Å². The molecule has 1 aromatic heterocycles. The van der Waals surface area contributed by atoms with Crippen molar-refractivity contribution in [3.63, 3.8) is 0 Å². The molecule has 0 aliphatic rings. The van der Waals surface area contributed by atoms with E-state index in [1.165, 1.54) is 30.6 Å². The molecule has 116 valence electrons. The summed E-state index contributed by atoms with van der Waals surface area (Å²) in [6.45, 7) is 0. The summed E-state index contributed by atoms with van der Waals surface area (Å²) in [5.41, 5.74) is 1.86. The molecule has 0 amide bonds. The van der Waals surface area contributed by atoms with Crippen LogP contribution < -0.4 is 4.74 Å². The summed E-state index contributed by atoms with van der Waals surface area (Å²) in [7, 11) is -4.20. The average molecular weight is 328 g/mol. The third-order valence-corrected chi connectivity index (χ3v) is 3.97. The largest absolute Gasteiger partial charge is 0.457 e. The topological polar surface area (TPSA) is 89.4 Å². The quantitative estimate of drug-likeness (QED) is 0.740. The van der Waals surface area contributed by atoms with Gasteiger partial charge >= 0.3 is 0 Å². The Morgan fingerprint density at radius 1 is 0.783 bits per heavy atom. The van der Waals surface area contributed by atoms with Gasteiger partial charge in [0.2, 0.25) is 0 Å². The Labute approximate surface area is 133 Å². The molecule has 23 heavy (non-hydrogen) atoms. The third-order valence-electron chi connectivity index (χ3n) is 3.11. The molecule has 0 aliphatic heterocycles. The van der Waals surface area contributed by atoms with Crippen LogP contribution in [0.25, 0.3) is 11.1 Å². The molecule has 0 fully saturated rings. The molecule has 3 aromatic rings. The minimum absolute atomic E-state index is 0.177. The maximum atomic E-state index is 11.0. The van der Waals surface area contributed by atoms with Crippen LogP contribution in [0, 0.1) is 0 Å². The first kappa shape index (κ1) is 15.1. The number of ether oxygens (including phenoxy) is 1. The van der Waals surface area contributed by atoms with E-state index in [4.69, 9.17) is 9.29 Å². The van der Waals surface area contributed by atoms with E-state index in [0.717, 1.165) is 11.1 Å². The predicted octanol–water partition coefficient (Wildman–Crippen LogP) is 3.18. The van der Waals surface area contributed by atoms with Crippen LogP contribution in [0.5, 0.6) is 11.5 Å². The fraction of sp³-hybridized carbons (Fsp3) is 0. The highest BCUT2D eigenvalue weighted by molar-refractivity contribution is 7.85. The second-order valence-corrected chi connectivity index (χ2v) is 6.12. The van der Waals surface area contributed by atoms with Crippen molar-refractivity contribution in [1.29, 1.82) is 0 Å². The number of aromatic nitrogens is 2. The number of benzene rings is 2. The van der Waals surface area contributed by atoms with Crippen molar-refractivity contribution in [1.82, 2.24) is 9.97 Å². The second-order valence-electron chi connectivity index (χ2n) is 4.70. The van der Waals surface area contributed by atoms with Crippen LogP contribution in [0.3, 0.4) is 0 Å². The Morgan fingerprint density at radius 3 is 1.83 bits per heavy atom. The van der Waals surface area contributed by atoms with E-state index in [0.29, 0.717) is 11.5 Å². The monoisotopic (exact) mass is 328 g/mol. The zero-order valence-corrected chi connectivity index (χ0v) is 12.6. The van der Waals surface area contributed by atoms with Gasteiger partial charge in [0, 0.05) is 18.0 Å². The van der Waals surface area contributed by atoms with Gasteiger partial charge in [-0.3, -0.25) is 4.55 Å². The molecule has 3 rings (SSSR count). The molecule has 0 aliphatic carbocycles. The summed E-state index contributed by atoms with van der Waals surface area (Å²) in [5.74, 6) is 1.07. The van der Waals surface area contributed by atoms with Gasteiger partial charge in [-0.15, -0.1) is 0 Å². The second kappa shape index (κ2) is 6.15. The summed E-state index contributed by atoms with van der Waals surface area (Å²) in [6, 6.07) is 12.8. The zero-order valence-electron chi connectivity index (χ0n) is 11.8. The first-order chi connectivity index (χ1) is 11.0. The van der Waals surface area contributed by atoms with Crippen molar-refractivity contribution in [2.45, 2.75) is 4.90 Å². The van der Waals surface area contributed by atoms with Crippen LogP contribution in [-0.2, 0) is 10.1 Å². The van der Waals surface area contributed by atoms with Crippen molar-refractivity contribution in [3.05, 3.63) is 67.3 Å². The van der Waals surface area contributed by atoms with Gasteiger partial charge in [0.1, 0.15) is 17.8 Å². The highest BCUT2D eigenvalue weighted by atomic mass is 32.2. The Bertz CT molecular complexity index is 893. The molecule has 0 radical (unpaired) electrons. The molecule has 1 N–H and O–H groups in total. The molecular formula is C16H12N2O4S. The van der Waals surface area contributed by atoms with Crippen LogP contribution in [0.2, 0.25) is 0 Å². The summed E-state index contributed by atoms with van der Waals surface area (Å²) in [4.78, 5) is 7.76. The minimum atomic E-state index is -4.20. The number of nitrogens with zero attached hydrogens (tertiary/aromatic N) is 2. The van der Waals surface area contributed by atoms with Gasteiger partial charge in [0.15, 0.2) is 0 Å². The molecule has 0 spiro atoms. The summed E-state index contributed by atoms with van der Waals surface area (Å²) in [5, 5.41) is 0. The first-order valence-corrected chi connectivity index (χ1v) is 8.07. The van der Waals surface area contributed by atoms with E-state index in [1.807, 2.05) is 12.1 Å². The first-order valence-electron chi connectivity index (χ1n) is 6.63. The highest BCUT2D eigenvalue weighted by Crippen LogP contribution is 2.25. The maximum Gasteiger partial charge on any atom is 0.294 e. The summed E-state index contributed by atoms with van der Waals surface area (Å²) >= 11 is 0. The molecule has 1 heterocycles. The van der Waals surface area contributed by atoms with Gasteiger partial charge in [0.25, 0.3) is 10.1 Å². The van der Waals surface area contributed by atoms with Crippen molar-refractivity contribution < 1.29 is 17.7 Å². The van der Waals surface area contributed by atoms with Crippen LogP contribution in [-0.4, -0.2) is 22.9 Å². The van der Waals surface area contributed by atoms with E-state index in [-0.39, 0.29) is 4.90 Å². The molecule has 0 atom stereocenters. The lowest BCUT2D eigenvalue weighted by molar-refractivity contribution is 0.478. The van der Waals surface area contributed by atoms with Crippen LogP contribution in [0.4, 0.5) is 0 Å². The van der Waals surface area contributed by atoms with E-state index in [9.17, 15) is 8.42 Å². The number of hydrogen-bond donors (Lipinski definition) is 1. The fourth-order valence-electron chi connectivity index (χ4n) is 1.98. The van der Waals surface area contributed by atoms with E-state index in [2.05, 4.69) is 9.97 Å². The molecule has 0 saturated heterocycles. The fourth-order valence-corrected chi connectivity index (χ4v) is 2.46. The third kappa shape index (κ3) is 3.71. The van der Waals surface area contributed by atoms with Crippen LogP contribution in [0.15, 0.2) is 72.1 Å². The SMILES string of the molecule is O=S(=O)(O)c1ccc(Oc2ccc(-c3cncnc3)cc2)cc1. The van der Waals surface area contributed by atoms with Gasteiger partial charge in [-0.2, -0.15) is 8.42 Å². The Morgan fingerprint density at radius 2 is 1.30 bits per heavy atom. The molecule has 0 saturated carbocycles. The Balaban J connectivity index is 1.76. The lowest BCUT2D eigenvalue weighted by atomic mass is 10.1. The molecule has 0 unspecified atom stereocenters. The van der Waals surface area contributed by atoms with Crippen molar-refractivity contribution in [2.75, 3.05) is 0 Å². The lowest BCUT2D eigenvalue weighted by Crippen LogP contribution is -1.97.